The Bertz CT molecular complexity index is 224. The van der Waals surface area contributed by atoms with Crippen molar-refractivity contribution in [2.45, 2.75) is 12.5 Å². The van der Waals surface area contributed by atoms with Crippen LogP contribution in [0.4, 0.5) is 0 Å². The molecule has 0 amide bonds. The molecule has 1 aromatic rings. The van der Waals surface area contributed by atoms with Crippen LogP contribution in [0.2, 0.25) is 0 Å². The predicted molar refractivity (Wildman–Crippen MR) is 52.6 cm³/mol. The van der Waals surface area contributed by atoms with Crippen LogP contribution in [-0.2, 0) is 0 Å². The van der Waals surface area contributed by atoms with E-state index in [1.54, 1.807) is 11.3 Å². The molecular formula is C7H11BrN2S. The Morgan fingerprint density at radius 2 is 2.36 bits per heavy atom. The Labute approximate surface area is 78.7 Å². The van der Waals surface area contributed by atoms with Gasteiger partial charge < -0.3 is 11.5 Å². The minimum absolute atomic E-state index is 0.0920. The summed E-state index contributed by atoms with van der Waals surface area (Å²) in [5.41, 5.74) is 11.2. The fraction of sp³-hybridized carbons (Fsp3) is 0.429. The van der Waals surface area contributed by atoms with Crippen molar-refractivity contribution in [3.05, 3.63) is 20.8 Å². The summed E-state index contributed by atoms with van der Waals surface area (Å²) >= 11 is 5.10. The Hall–Kier alpha value is 0.100. The van der Waals surface area contributed by atoms with Gasteiger partial charge in [-0.2, -0.15) is 0 Å². The van der Waals surface area contributed by atoms with Crippen molar-refractivity contribution >= 4 is 27.3 Å². The number of hydrogen-bond acceptors (Lipinski definition) is 3. The van der Waals surface area contributed by atoms with Gasteiger partial charge in [0.1, 0.15) is 0 Å². The third kappa shape index (κ3) is 2.27. The van der Waals surface area contributed by atoms with Crippen LogP contribution >= 0.6 is 27.3 Å². The first-order chi connectivity index (χ1) is 5.25. The summed E-state index contributed by atoms with van der Waals surface area (Å²) in [5, 5.41) is 2.02. The smallest absolute Gasteiger partial charge is 0.0413 e. The van der Waals surface area contributed by atoms with Gasteiger partial charge in [-0.1, -0.05) is 0 Å². The highest BCUT2D eigenvalue weighted by Crippen LogP contribution is 2.28. The normalized spacial score (nSPS) is 13.4. The summed E-state index contributed by atoms with van der Waals surface area (Å²) in [6.07, 6.45) is 0.846. The summed E-state index contributed by atoms with van der Waals surface area (Å²) in [6, 6.07) is 2.10. The lowest BCUT2D eigenvalue weighted by Crippen LogP contribution is -2.14. The molecule has 1 atom stereocenters. The highest BCUT2D eigenvalue weighted by Gasteiger charge is 2.09. The largest absolute Gasteiger partial charge is 0.330 e. The second-order valence-corrected chi connectivity index (χ2v) is 4.12. The first kappa shape index (κ1) is 9.19. The lowest BCUT2D eigenvalue weighted by atomic mass is 10.2. The van der Waals surface area contributed by atoms with Crippen molar-refractivity contribution in [2.75, 3.05) is 6.54 Å². The van der Waals surface area contributed by atoms with Crippen LogP contribution in [0.5, 0.6) is 0 Å². The number of thiophene rings is 1. The predicted octanol–water partition coefficient (Wildman–Crippen LogP) is 1.86. The van der Waals surface area contributed by atoms with Gasteiger partial charge in [-0.25, -0.2) is 0 Å². The summed E-state index contributed by atoms with van der Waals surface area (Å²) < 4.78 is 1.10. The summed E-state index contributed by atoms with van der Waals surface area (Å²) in [5.74, 6) is 0. The summed E-state index contributed by atoms with van der Waals surface area (Å²) in [6.45, 7) is 0.644. The maximum absolute atomic E-state index is 5.85. The summed E-state index contributed by atoms with van der Waals surface area (Å²) in [7, 11) is 0. The van der Waals surface area contributed by atoms with Gasteiger partial charge in [0.2, 0.25) is 0 Å². The van der Waals surface area contributed by atoms with Gasteiger partial charge in [0, 0.05) is 15.4 Å². The van der Waals surface area contributed by atoms with Crippen molar-refractivity contribution < 1.29 is 0 Å². The van der Waals surface area contributed by atoms with E-state index in [1.165, 1.54) is 4.88 Å². The molecule has 62 valence electrons. The van der Waals surface area contributed by atoms with E-state index in [4.69, 9.17) is 11.5 Å². The third-order valence-electron chi connectivity index (χ3n) is 1.46. The van der Waals surface area contributed by atoms with E-state index >= 15 is 0 Å². The lowest BCUT2D eigenvalue weighted by molar-refractivity contribution is 0.670. The van der Waals surface area contributed by atoms with E-state index in [0.29, 0.717) is 6.54 Å². The molecule has 1 aromatic heterocycles. The average Bonchev–Trinajstić information content (AvgIpc) is 2.36. The van der Waals surface area contributed by atoms with E-state index in [2.05, 4.69) is 15.9 Å². The molecule has 0 aliphatic heterocycles. The van der Waals surface area contributed by atoms with Crippen LogP contribution in [-0.4, -0.2) is 6.54 Å². The number of nitrogens with two attached hydrogens (primary N) is 2. The van der Waals surface area contributed by atoms with Crippen LogP contribution < -0.4 is 11.5 Å². The van der Waals surface area contributed by atoms with Gasteiger partial charge in [0.05, 0.1) is 0 Å². The minimum atomic E-state index is 0.0920. The van der Waals surface area contributed by atoms with E-state index < -0.39 is 0 Å². The Kier molecular flexibility index (Phi) is 3.51. The first-order valence-electron chi connectivity index (χ1n) is 3.44. The molecule has 2 nitrogen and oxygen atoms in total. The molecule has 0 radical (unpaired) electrons. The van der Waals surface area contributed by atoms with Crippen LogP contribution in [0, 0.1) is 0 Å². The fourth-order valence-corrected chi connectivity index (χ4v) is 2.59. The molecule has 0 bridgehead atoms. The molecule has 0 saturated carbocycles. The maximum atomic E-state index is 5.85. The van der Waals surface area contributed by atoms with E-state index in [0.717, 1.165) is 10.9 Å². The Morgan fingerprint density at radius 1 is 1.64 bits per heavy atom. The van der Waals surface area contributed by atoms with Crippen LogP contribution in [0.3, 0.4) is 0 Å². The molecule has 0 aliphatic carbocycles. The fourth-order valence-electron chi connectivity index (χ4n) is 0.881. The molecule has 11 heavy (non-hydrogen) atoms. The van der Waals surface area contributed by atoms with Crippen molar-refractivity contribution in [3.63, 3.8) is 0 Å². The minimum Gasteiger partial charge on any atom is -0.330 e. The SMILES string of the molecule is NCC[C@H](N)c1sccc1Br. The van der Waals surface area contributed by atoms with E-state index in [-0.39, 0.29) is 6.04 Å². The van der Waals surface area contributed by atoms with Crippen LogP contribution in [0.25, 0.3) is 0 Å². The molecule has 1 rings (SSSR count). The zero-order valence-electron chi connectivity index (χ0n) is 6.09. The molecule has 4 N–H and O–H groups in total. The standard InChI is InChI=1S/C7H11BrN2S/c8-5-2-4-11-7(5)6(10)1-3-9/h2,4,6H,1,3,9-10H2/t6-/m0/s1. The lowest BCUT2D eigenvalue weighted by Gasteiger charge is -2.07. The van der Waals surface area contributed by atoms with E-state index in [1.807, 2.05) is 11.4 Å². The van der Waals surface area contributed by atoms with E-state index in [9.17, 15) is 0 Å². The van der Waals surface area contributed by atoms with Crippen LogP contribution in [0.1, 0.15) is 17.3 Å². The topological polar surface area (TPSA) is 52.0 Å². The highest BCUT2D eigenvalue weighted by molar-refractivity contribution is 9.10. The molecule has 0 aliphatic rings. The molecule has 0 aromatic carbocycles. The Morgan fingerprint density at radius 3 is 2.82 bits per heavy atom. The number of halogens is 1. The zero-order chi connectivity index (χ0) is 8.27. The van der Waals surface area contributed by atoms with Crippen molar-refractivity contribution in [2.24, 2.45) is 11.5 Å². The summed E-state index contributed by atoms with van der Waals surface area (Å²) in [4.78, 5) is 1.19. The zero-order valence-corrected chi connectivity index (χ0v) is 8.49. The quantitative estimate of drug-likeness (QED) is 0.840. The van der Waals surface area contributed by atoms with Gasteiger partial charge in [-0.3, -0.25) is 0 Å². The number of hydrogen-bond donors (Lipinski definition) is 2. The third-order valence-corrected chi connectivity index (χ3v) is 3.46. The van der Waals surface area contributed by atoms with Gasteiger partial charge in [0.15, 0.2) is 0 Å². The van der Waals surface area contributed by atoms with Crippen molar-refractivity contribution in [1.82, 2.24) is 0 Å². The molecular weight excluding hydrogens is 224 g/mol. The van der Waals surface area contributed by atoms with Crippen molar-refractivity contribution in [3.8, 4) is 0 Å². The van der Waals surface area contributed by atoms with Crippen molar-refractivity contribution in [1.29, 1.82) is 0 Å². The second-order valence-electron chi connectivity index (χ2n) is 2.32. The Balaban J connectivity index is 2.67. The molecule has 0 fully saturated rings. The maximum Gasteiger partial charge on any atom is 0.0413 e. The monoisotopic (exact) mass is 234 g/mol. The second kappa shape index (κ2) is 4.21. The highest BCUT2D eigenvalue weighted by atomic mass is 79.9. The van der Waals surface area contributed by atoms with Gasteiger partial charge in [-0.15, -0.1) is 11.3 Å². The molecule has 1 heterocycles. The molecule has 0 spiro atoms. The first-order valence-corrected chi connectivity index (χ1v) is 5.11. The van der Waals surface area contributed by atoms with Crippen LogP contribution in [0.15, 0.2) is 15.9 Å². The van der Waals surface area contributed by atoms with Gasteiger partial charge in [-0.05, 0) is 40.3 Å². The number of rotatable bonds is 3. The molecule has 0 unspecified atom stereocenters. The van der Waals surface area contributed by atoms with Gasteiger partial charge in [0.25, 0.3) is 0 Å². The molecule has 0 saturated heterocycles. The van der Waals surface area contributed by atoms with Gasteiger partial charge >= 0.3 is 0 Å². The molecule has 4 heteroatoms. The average molecular weight is 235 g/mol.